The van der Waals surface area contributed by atoms with Crippen molar-refractivity contribution in [1.29, 1.82) is 0 Å². The lowest BCUT2D eigenvalue weighted by Crippen LogP contribution is -2.41. The van der Waals surface area contributed by atoms with E-state index in [9.17, 15) is 5.11 Å². The van der Waals surface area contributed by atoms with Gasteiger partial charge in [0.1, 0.15) is 5.15 Å². The molecular weight excluding hydrogens is 248 g/mol. The van der Waals surface area contributed by atoms with E-state index in [1.807, 2.05) is 18.3 Å². The number of piperidine rings is 1. The Morgan fingerprint density at radius 2 is 2.11 bits per heavy atom. The van der Waals surface area contributed by atoms with Crippen molar-refractivity contribution in [3.05, 3.63) is 29.0 Å². The van der Waals surface area contributed by atoms with E-state index >= 15 is 0 Å². The van der Waals surface area contributed by atoms with E-state index in [0.717, 1.165) is 38.9 Å². The lowest BCUT2D eigenvalue weighted by Gasteiger charge is -2.40. The molecule has 0 spiro atoms. The average Bonchev–Trinajstić information content (AvgIpc) is 2.43. The highest BCUT2D eigenvalue weighted by Crippen LogP contribution is 2.34. The van der Waals surface area contributed by atoms with Gasteiger partial charge in [-0.05, 0) is 49.4 Å². The fraction of sp³-hybridized carbons (Fsp3) is 0.643. The highest BCUT2D eigenvalue weighted by Gasteiger charge is 2.32. The molecule has 0 aromatic carbocycles. The first-order chi connectivity index (χ1) is 8.67. The molecule has 0 radical (unpaired) electrons. The first kappa shape index (κ1) is 13.8. The Bertz CT molecular complexity index is 366. The predicted molar refractivity (Wildman–Crippen MR) is 73.6 cm³/mol. The van der Waals surface area contributed by atoms with Crippen molar-refractivity contribution in [2.24, 2.45) is 5.41 Å². The summed E-state index contributed by atoms with van der Waals surface area (Å²) in [5.41, 5.74) is 1.36. The van der Waals surface area contributed by atoms with Crippen molar-refractivity contribution in [1.82, 2.24) is 9.88 Å². The van der Waals surface area contributed by atoms with Crippen molar-refractivity contribution in [3.8, 4) is 0 Å². The van der Waals surface area contributed by atoms with Gasteiger partial charge in [0.2, 0.25) is 0 Å². The molecule has 0 saturated carbocycles. The lowest BCUT2D eigenvalue weighted by atomic mass is 9.77. The monoisotopic (exact) mass is 268 g/mol. The Balaban J connectivity index is 1.88. The molecule has 2 heterocycles. The zero-order valence-electron chi connectivity index (χ0n) is 10.9. The topological polar surface area (TPSA) is 36.4 Å². The van der Waals surface area contributed by atoms with E-state index < -0.39 is 0 Å². The minimum absolute atomic E-state index is 0.161. The molecule has 18 heavy (non-hydrogen) atoms. The molecule has 1 saturated heterocycles. The van der Waals surface area contributed by atoms with Crippen molar-refractivity contribution in [2.75, 3.05) is 19.7 Å². The van der Waals surface area contributed by atoms with Crippen LogP contribution in [-0.4, -0.2) is 34.7 Å². The summed E-state index contributed by atoms with van der Waals surface area (Å²) in [7, 11) is 0. The molecule has 0 bridgehead atoms. The quantitative estimate of drug-likeness (QED) is 0.853. The molecule has 0 aliphatic carbocycles. The third-order valence-electron chi connectivity index (χ3n) is 4.20. The maximum absolute atomic E-state index is 9.50. The minimum Gasteiger partial charge on any atom is -0.396 e. The maximum atomic E-state index is 9.50. The van der Waals surface area contributed by atoms with E-state index in [1.165, 1.54) is 5.56 Å². The molecule has 1 fully saturated rings. The van der Waals surface area contributed by atoms with E-state index in [2.05, 4.69) is 16.8 Å². The number of likely N-dealkylation sites (tertiary alicyclic amines) is 1. The highest BCUT2D eigenvalue weighted by atomic mass is 35.5. The predicted octanol–water partition coefficient (Wildman–Crippen LogP) is 2.72. The standard InChI is InChI=1S/C14H21ClN2O/c1-2-14(11-18)5-7-17(8-6-14)10-12-3-4-13(15)16-9-12/h3-4,9,18H,2,5-8,10-11H2,1H3. The van der Waals surface area contributed by atoms with E-state index in [-0.39, 0.29) is 5.41 Å². The summed E-state index contributed by atoms with van der Waals surface area (Å²) in [6.07, 6.45) is 5.08. The van der Waals surface area contributed by atoms with Crippen molar-refractivity contribution >= 4 is 11.6 Å². The molecule has 0 atom stereocenters. The second kappa shape index (κ2) is 6.00. The van der Waals surface area contributed by atoms with Crippen LogP contribution in [0.1, 0.15) is 31.7 Å². The van der Waals surface area contributed by atoms with Crippen LogP contribution in [0.3, 0.4) is 0 Å². The molecule has 4 heteroatoms. The number of halogens is 1. The third-order valence-corrected chi connectivity index (χ3v) is 4.42. The van der Waals surface area contributed by atoms with Gasteiger partial charge in [0, 0.05) is 19.3 Å². The summed E-state index contributed by atoms with van der Waals surface area (Å²) in [5, 5.41) is 10.0. The summed E-state index contributed by atoms with van der Waals surface area (Å²) in [6, 6.07) is 3.87. The van der Waals surface area contributed by atoms with Crippen LogP contribution in [0.15, 0.2) is 18.3 Å². The van der Waals surface area contributed by atoms with Gasteiger partial charge < -0.3 is 5.11 Å². The average molecular weight is 269 g/mol. The van der Waals surface area contributed by atoms with Gasteiger partial charge in [0.05, 0.1) is 0 Å². The van der Waals surface area contributed by atoms with Crippen LogP contribution < -0.4 is 0 Å². The zero-order valence-corrected chi connectivity index (χ0v) is 11.7. The molecule has 1 N–H and O–H groups in total. The van der Waals surface area contributed by atoms with Crippen LogP contribution >= 0.6 is 11.6 Å². The summed E-state index contributed by atoms with van der Waals surface area (Å²) >= 11 is 5.78. The SMILES string of the molecule is CCC1(CO)CCN(Cc2ccc(Cl)nc2)CC1. The number of hydrogen-bond acceptors (Lipinski definition) is 3. The van der Waals surface area contributed by atoms with Gasteiger partial charge in [-0.3, -0.25) is 4.90 Å². The van der Waals surface area contributed by atoms with Crippen LogP contribution in [0.2, 0.25) is 5.15 Å². The number of nitrogens with zero attached hydrogens (tertiary/aromatic N) is 2. The fourth-order valence-corrected chi connectivity index (χ4v) is 2.68. The van der Waals surface area contributed by atoms with Gasteiger partial charge >= 0.3 is 0 Å². The van der Waals surface area contributed by atoms with Gasteiger partial charge in [-0.2, -0.15) is 0 Å². The Morgan fingerprint density at radius 3 is 2.61 bits per heavy atom. The lowest BCUT2D eigenvalue weighted by molar-refractivity contribution is 0.0382. The Labute approximate surface area is 114 Å². The molecule has 1 aromatic heterocycles. The summed E-state index contributed by atoms with van der Waals surface area (Å²) in [4.78, 5) is 6.53. The van der Waals surface area contributed by atoms with Crippen LogP contribution in [0.5, 0.6) is 0 Å². The van der Waals surface area contributed by atoms with Gasteiger partial charge in [-0.25, -0.2) is 4.98 Å². The number of hydrogen-bond donors (Lipinski definition) is 1. The third kappa shape index (κ3) is 3.22. The molecule has 1 aliphatic heterocycles. The molecule has 1 aromatic rings. The molecule has 3 nitrogen and oxygen atoms in total. The van der Waals surface area contributed by atoms with E-state index in [4.69, 9.17) is 11.6 Å². The molecule has 0 amide bonds. The number of aliphatic hydroxyl groups is 1. The van der Waals surface area contributed by atoms with Crippen LogP contribution in [-0.2, 0) is 6.54 Å². The summed E-state index contributed by atoms with van der Waals surface area (Å²) in [5.74, 6) is 0. The molecule has 0 unspecified atom stereocenters. The molecule has 100 valence electrons. The highest BCUT2D eigenvalue weighted by molar-refractivity contribution is 6.29. The van der Waals surface area contributed by atoms with Crippen molar-refractivity contribution < 1.29 is 5.11 Å². The van der Waals surface area contributed by atoms with Crippen molar-refractivity contribution in [3.63, 3.8) is 0 Å². The van der Waals surface area contributed by atoms with Crippen molar-refractivity contribution in [2.45, 2.75) is 32.7 Å². The van der Waals surface area contributed by atoms with Gasteiger partial charge in [-0.15, -0.1) is 0 Å². The molecular formula is C14H21ClN2O. The Morgan fingerprint density at radius 1 is 1.39 bits per heavy atom. The second-order valence-corrected chi connectivity index (χ2v) is 5.66. The second-order valence-electron chi connectivity index (χ2n) is 5.28. The Hall–Kier alpha value is -0.640. The number of pyridine rings is 1. The number of aromatic nitrogens is 1. The maximum Gasteiger partial charge on any atom is 0.129 e. The van der Waals surface area contributed by atoms with E-state index in [0.29, 0.717) is 11.8 Å². The van der Waals surface area contributed by atoms with Crippen LogP contribution in [0.25, 0.3) is 0 Å². The minimum atomic E-state index is 0.161. The summed E-state index contributed by atoms with van der Waals surface area (Å²) in [6.45, 7) is 5.53. The summed E-state index contributed by atoms with van der Waals surface area (Å²) < 4.78 is 0. The van der Waals surface area contributed by atoms with Crippen LogP contribution in [0.4, 0.5) is 0 Å². The molecule has 1 aliphatic rings. The smallest absolute Gasteiger partial charge is 0.129 e. The normalized spacial score (nSPS) is 19.9. The molecule has 2 rings (SSSR count). The fourth-order valence-electron chi connectivity index (χ4n) is 2.57. The van der Waals surface area contributed by atoms with Crippen LogP contribution in [0, 0.1) is 5.41 Å². The van der Waals surface area contributed by atoms with E-state index in [1.54, 1.807) is 0 Å². The largest absolute Gasteiger partial charge is 0.396 e. The first-order valence-corrected chi connectivity index (χ1v) is 6.99. The Kier molecular flexibility index (Phi) is 4.60. The number of aliphatic hydroxyl groups excluding tert-OH is 1. The van der Waals surface area contributed by atoms with Gasteiger partial charge in [0.25, 0.3) is 0 Å². The zero-order chi connectivity index (χ0) is 13.0. The van der Waals surface area contributed by atoms with Gasteiger partial charge in [0.15, 0.2) is 0 Å². The first-order valence-electron chi connectivity index (χ1n) is 6.61. The number of rotatable bonds is 4. The van der Waals surface area contributed by atoms with Gasteiger partial charge in [-0.1, -0.05) is 24.6 Å².